The summed E-state index contributed by atoms with van der Waals surface area (Å²) in [6.45, 7) is 2.60. The van der Waals surface area contributed by atoms with Crippen molar-refractivity contribution in [1.82, 2.24) is 5.32 Å². The molecule has 8 heteroatoms. The van der Waals surface area contributed by atoms with Crippen molar-refractivity contribution in [2.45, 2.75) is 19.4 Å². The number of ether oxygens (including phenoxy) is 1. The highest BCUT2D eigenvalue weighted by Gasteiger charge is 2.19. The number of carbonyl (C=O) groups is 1. The second-order valence-electron chi connectivity index (χ2n) is 3.99. The Kier molecular flexibility index (Phi) is 6.40. The standard InChI is InChI=1S/C12H16BrN3O4/c1-2-15-9(12(14)17)6-7-20-11-8(13)4-3-5-10(11)16(18)19/h3-5,9,15H,2,6-7H2,1H3,(H2,14,17). The van der Waals surface area contributed by atoms with Gasteiger partial charge in [-0.25, -0.2) is 0 Å². The molecule has 0 heterocycles. The summed E-state index contributed by atoms with van der Waals surface area (Å²) in [6.07, 6.45) is 0.335. The van der Waals surface area contributed by atoms with E-state index in [9.17, 15) is 14.9 Å². The van der Waals surface area contributed by atoms with Crippen molar-refractivity contribution in [1.29, 1.82) is 0 Å². The topological polar surface area (TPSA) is 107 Å². The van der Waals surface area contributed by atoms with Crippen molar-refractivity contribution in [2.24, 2.45) is 5.73 Å². The summed E-state index contributed by atoms with van der Waals surface area (Å²) in [6, 6.07) is 4.05. The molecule has 1 amide bonds. The molecule has 110 valence electrons. The monoisotopic (exact) mass is 345 g/mol. The molecule has 0 radical (unpaired) electrons. The molecule has 1 aromatic rings. The van der Waals surface area contributed by atoms with Gasteiger partial charge in [0.25, 0.3) is 0 Å². The number of amides is 1. The van der Waals surface area contributed by atoms with Crippen LogP contribution in [0.3, 0.4) is 0 Å². The number of nitro benzene ring substituents is 1. The summed E-state index contributed by atoms with van der Waals surface area (Å²) in [7, 11) is 0. The first kappa shape index (κ1) is 16.4. The van der Waals surface area contributed by atoms with Gasteiger partial charge in [0.15, 0.2) is 0 Å². The molecule has 1 aromatic carbocycles. The highest BCUT2D eigenvalue weighted by Crippen LogP contribution is 2.34. The second-order valence-corrected chi connectivity index (χ2v) is 4.85. The molecule has 3 N–H and O–H groups in total. The lowest BCUT2D eigenvalue weighted by molar-refractivity contribution is -0.386. The number of halogens is 1. The molecule has 0 fully saturated rings. The van der Waals surface area contributed by atoms with Crippen LogP contribution < -0.4 is 15.8 Å². The Labute approximate surface area is 124 Å². The van der Waals surface area contributed by atoms with Gasteiger partial charge in [0.05, 0.1) is 22.0 Å². The number of nitrogens with zero attached hydrogens (tertiary/aromatic N) is 1. The molecule has 0 aromatic heterocycles. The zero-order chi connectivity index (χ0) is 15.1. The van der Waals surface area contributed by atoms with E-state index >= 15 is 0 Å². The van der Waals surface area contributed by atoms with Crippen molar-refractivity contribution < 1.29 is 14.5 Å². The quantitative estimate of drug-likeness (QED) is 0.549. The SMILES string of the molecule is CCNC(CCOc1c(Br)cccc1[N+](=O)[O-])C(N)=O. The first-order chi connectivity index (χ1) is 9.47. The van der Waals surface area contributed by atoms with Gasteiger partial charge in [-0.2, -0.15) is 0 Å². The highest BCUT2D eigenvalue weighted by molar-refractivity contribution is 9.10. The first-order valence-corrected chi connectivity index (χ1v) is 6.85. The molecule has 1 rings (SSSR count). The third-order valence-corrected chi connectivity index (χ3v) is 3.21. The van der Waals surface area contributed by atoms with Gasteiger partial charge in [0.2, 0.25) is 11.7 Å². The summed E-state index contributed by atoms with van der Waals surface area (Å²) >= 11 is 3.21. The molecule has 0 saturated carbocycles. The minimum absolute atomic E-state index is 0.126. The number of para-hydroxylation sites is 1. The largest absolute Gasteiger partial charge is 0.486 e. The van der Waals surface area contributed by atoms with Crippen molar-refractivity contribution in [3.63, 3.8) is 0 Å². The molecule has 0 aliphatic carbocycles. The summed E-state index contributed by atoms with van der Waals surface area (Å²) in [4.78, 5) is 21.5. The summed E-state index contributed by atoms with van der Waals surface area (Å²) in [5.41, 5.74) is 5.11. The fourth-order valence-corrected chi connectivity index (χ4v) is 2.12. The zero-order valence-electron chi connectivity index (χ0n) is 11.0. The van der Waals surface area contributed by atoms with Crippen LogP contribution in [0, 0.1) is 10.1 Å². The zero-order valence-corrected chi connectivity index (χ0v) is 12.6. The maximum atomic E-state index is 11.2. The van der Waals surface area contributed by atoms with Gasteiger partial charge >= 0.3 is 5.69 Å². The van der Waals surface area contributed by atoms with Crippen LogP contribution in [0.1, 0.15) is 13.3 Å². The first-order valence-electron chi connectivity index (χ1n) is 6.05. The van der Waals surface area contributed by atoms with E-state index in [-0.39, 0.29) is 18.0 Å². The van der Waals surface area contributed by atoms with Gasteiger partial charge in [-0.1, -0.05) is 13.0 Å². The van der Waals surface area contributed by atoms with Crippen LogP contribution in [-0.4, -0.2) is 30.0 Å². The molecular formula is C12H16BrN3O4. The number of benzene rings is 1. The van der Waals surface area contributed by atoms with Crippen molar-refractivity contribution in [3.8, 4) is 5.75 Å². The van der Waals surface area contributed by atoms with E-state index in [2.05, 4.69) is 21.2 Å². The number of nitrogens with one attached hydrogen (secondary N) is 1. The summed E-state index contributed by atoms with van der Waals surface area (Å²) in [5, 5.41) is 13.8. The van der Waals surface area contributed by atoms with Gasteiger partial charge in [0, 0.05) is 12.5 Å². The Morgan fingerprint density at radius 3 is 2.85 bits per heavy atom. The fraction of sp³-hybridized carbons (Fsp3) is 0.417. The van der Waals surface area contributed by atoms with Crippen LogP contribution in [0.2, 0.25) is 0 Å². The van der Waals surface area contributed by atoms with Gasteiger partial charge < -0.3 is 15.8 Å². The van der Waals surface area contributed by atoms with Crippen molar-refractivity contribution in [2.75, 3.05) is 13.2 Å². The van der Waals surface area contributed by atoms with Gasteiger partial charge in [0.1, 0.15) is 0 Å². The lowest BCUT2D eigenvalue weighted by Crippen LogP contribution is -2.42. The molecule has 0 aliphatic rings. The number of hydrogen-bond acceptors (Lipinski definition) is 5. The molecule has 0 spiro atoms. The van der Waals surface area contributed by atoms with Crippen LogP contribution in [0.25, 0.3) is 0 Å². The van der Waals surface area contributed by atoms with Crippen LogP contribution in [0.5, 0.6) is 5.75 Å². The minimum atomic E-state index is -0.518. The summed E-state index contributed by atoms with van der Waals surface area (Å²) in [5.74, 6) is -0.325. The Morgan fingerprint density at radius 2 is 2.30 bits per heavy atom. The van der Waals surface area contributed by atoms with E-state index in [1.165, 1.54) is 6.07 Å². The van der Waals surface area contributed by atoms with Crippen molar-refractivity contribution in [3.05, 3.63) is 32.8 Å². The molecule has 7 nitrogen and oxygen atoms in total. The Hall–Kier alpha value is -1.67. The Morgan fingerprint density at radius 1 is 1.60 bits per heavy atom. The lowest BCUT2D eigenvalue weighted by Gasteiger charge is -2.15. The molecule has 0 saturated heterocycles. The smallest absolute Gasteiger partial charge is 0.312 e. The Bertz CT molecular complexity index is 496. The molecular weight excluding hydrogens is 330 g/mol. The summed E-state index contributed by atoms with van der Waals surface area (Å²) < 4.78 is 5.91. The van der Waals surface area contributed by atoms with E-state index in [0.717, 1.165) is 0 Å². The van der Waals surface area contributed by atoms with E-state index in [0.29, 0.717) is 17.4 Å². The van der Waals surface area contributed by atoms with Gasteiger partial charge in [-0.15, -0.1) is 0 Å². The van der Waals surface area contributed by atoms with E-state index in [1.54, 1.807) is 12.1 Å². The van der Waals surface area contributed by atoms with Crippen LogP contribution in [0.4, 0.5) is 5.69 Å². The fourth-order valence-electron chi connectivity index (χ4n) is 1.65. The molecule has 1 atom stereocenters. The third kappa shape index (κ3) is 4.46. The average Bonchev–Trinajstić information content (AvgIpc) is 2.38. The second kappa shape index (κ2) is 7.81. The third-order valence-electron chi connectivity index (χ3n) is 2.59. The number of likely N-dealkylation sites (N-methyl/N-ethyl adjacent to an activating group) is 1. The molecule has 20 heavy (non-hydrogen) atoms. The number of nitro groups is 1. The van der Waals surface area contributed by atoms with Crippen LogP contribution >= 0.6 is 15.9 Å². The predicted molar refractivity (Wildman–Crippen MR) is 77.6 cm³/mol. The normalized spacial score (nSPS) is 11.9. The lowest BCUT2D eigenvalue weighted by atomic mass is 10.2. The average molecular weight is 346 g/mol. The maximum absolute atomic E-state index is 11.2. The Balaban J connectivity index is 2.70. The number of nitrogens with two attached hydrogens (primary N) is 1. The van der Waals surface area contributed by atoms with Crippen LogP contribution in [-0.2, 0) is 4.79 Å². The minimum Gasteiger partial charge on any atom is -0.486 e. The number of primary amides is 1. The van der Waals surface area contributed by atoms with E-state index in [1.807, 2.05) is 6.92 Å². The number of carbonyl (C=O) groups excluding carboxylic acids is 1. The predicted octanol–water partition coefficient (Wildman–Crippen LogP) is 1.59. The molecule has 0 aliphatic heterocycles. The molecule has 1 unspecified atom stereocenters. The molecule has 0 bridgehead atoms. The highest BCUT2D eigenvalue weighted by atomic mass is 79.9. The van der Waals surface area contributed by atoms with Gasteiger partial charge in [-0.05, 0) is 28.5 Å². The van der Waals surface area contributed by atoms with Crippen LogP contribution in [0.15, 0.2) is 22.7 Å². The van der Waals surface area contributed by atoms with E-state index in [4.69, 9.17) is 10.5 Å². The van der Waals surface area contributed by atoms with Crippen molar-refractivity contribution >= 4 is 27.5 Å². The van der Waals surface area contributed by atoms with E-state index < -0.39 is 16.9 Å². The maximum Gasteiger partial charge on any atom is 0.312 e. The number of rotatable bonds is 8. The number of hydrogen-bond donors (Lipinski definition) is 2. The van der Waals surface area contributed by atoms with Gasteiger partial charge in [-0.3, -0.25) is 14.9 Å².